The molecule has 0 saturated heterocycles. The molecule has 43 heavy (non-hydrogen) atoms. The molecule has 1 N–H and O–H groups in total. The average molecular weight is 598 g/mol. The van der Waals surface area contributed by atoms with Gasteiger partial charge in [0.1, 0.15) is 12.6 Å². The van der Waals surface area contributed by atoms with E-state index in [0.717, 1.165) is 33.0 Å². The number of anilines is 1. The van der Waals surface area contributed by atoms with Crippen LogP contribution in [-0.2, 0) is 39.0 Å². The van der Waals surface area contributed by atoms with E-state index in [1.807, 2.05) is 87.5 Å². The largest absolute Gasteiger partial charge is 0.355 e. The van der Waals surface area contributed by atoms with E-state index in [9.17, 15) is 18.0 Å². The van der Waals surface area contributed by atoms with Gasteiger partial charge in [-0.3, -0.25) is 13.9 Å². The third kappa shape index (κ3) is 7.90. The molecule has 0 bridgehead atoms. The van der Waals surface area contributed by atoms with Crippen molar-refractivity contribution >= 4 is 27.5 Å². The Morgan fingerprint density at radius 3 is 1.98 bits per heavy atom. The normalized spacial score (nSPS) is 11.9. The lowest BCUT2D eigenvalue weighted by atomic mass is 10.0. The average Bonchev–Trinajstić information content (AvgIpc) is 3.03. The predicted molar refractivity (Wildman–Crippen MR) is 171 cm³/mol. The second kappa shape index (κ2) is 14.6. The number of amides is 2. The monoisotopic (exact) mass is 597 g/mol. The van der Waals surface area contributed by atoms with Gasteiger partial charge >= 0.3 is 0 Å². The fourth-order valence-electron chi connectivity index (χ4n) is 4.96. The summed E-state index contributed by atoms with van der Waals surface area (Å²) >= 11 is 0. The van der Waals surface area contributed by atoms with E-state index in [0.29, 0.717) is 12.2 Å². The molecular formula is C35H39N3O4S. The minimum absolute atomic E-state index is 0.0809. The molecule has 0 spiro atoms. The Labute approximate surface area is 255 Å². The number of nitrogens with one attached hydrogen (secondary N) is 1. The first-order valence-corrected chi connectivity index (χ1v) is 16.0. The highest BCUT2D eigenvalue weighted by atomic mass is 32.2. The molecule has 7 nitrogen and oxygen atoms in total. The molecule has 4 aromatic carbocycles. The van der Waals surface area contributed by atoms with Crippen molar-refractivity contribution in [3.8, 4) is 0 Å². The minimum atomic E-state index is -4.11. The van der Waals surface area contributed by atoms with Crippen LogP contribution in [0.15, 0.2) is 114 Å². The van der Waals surface area contributed by atoms with Crippen LogP contribution in [-0.4, -0.2) is 44.3 Å². The zero-order chi connectivity index (χ0) is 30.8. The van der Waals surface area contributed by atoms with Crippen LogP contribution < -0.4 is 9.62 Å². The number of carbonyl (C=O) groups excluding carboxylic acids is 2. The van der Waals surface area contributed by atoms with Crippen LogP contribution in [0, 0.1) is 6.92 Å². The molecule has 0 aliphatic carbocycles. The Balaban J connectivity index is 1.79. The Morgan fingerprint density at radius 2 is 1.37 bits per heavy atom. The van der Waals surface area contributed by atoms with Gasteiger partial charge in [-0.1, -0.05) is 91.9 Å². The molecule has 0 aliphatic rings. The van der Waals surface area contributed by atoms with E-state index in [4.69, 9.17) is 0 Å². The summed E-state index contributed by atoms with van der Waals surface area (Å²) in [4.78, 5) is 29.6. The Morgan fingerprint density at radius 1 is 0.767 bits per heavy atom. The van der Waals surface area contributed by atoms with E-state index in [-0.39, 0.29) is 23.8 Å². The van der Waals surface area contributed by atoms with Crippen molar-refractivity contribution in [2.45, 2.75) is 51.1 Å². The number of likely N-dealkylation sites (N-methyl/N-ethyl adjacent to an activating group) is 1. The van der Waals surface area contributed by atoms with Gasteiger partial charge in [-0.15, -0.1) is 0 Å². The Bertz CT molecular complexity index is 1610. The van der Waals surface area contributed by atoms with Gasteiger partial charge in [0, 0.05) is 19.5 Å². The molecule has 0 aromatic heterocycles. The standard InChI is InChI=1S/C35H39N3O4S/c1-4-28-20-22-31(23-21-28)38(43(41,42)32-18-10-7-11-19-32)26-34(39)37(25-30-17-13-12-14-27(30)3)33(35(40)36-5-2)24-29-15-8-6-9-16-29/h6-23,33H,4-5,24-26H2,1-3H3,(H,36,40)/t33-/m0/s1. The van der Waals surface area contributed by atoms with E-state index < -0.39 is 28.5 Å². The maximum atomic E-state index is 14.4. The van der Waals surface area contributed by atoms with Gasteiger partial charge in [0.15, 0.2) is 0 Å². The van der Waals surface area contributed by atoms with Gasteiger partial charge in [0.2, 0.25) is 11.8 Å². The lowest BCUT2D eigenvalue weighted by Crippen LogP contribution is -2.53. The molecule has 0 fully saturated rings. The summed E-state index contributed by atoms with van der Waals surface area (Å²) in [6.07, 6.45) is 1.07. The Hall–Kier alpha value is -4.43. The molecule has 2 amide bonds. The predicted octanol–water partition coefficient (Wildman–Crippen LogP) is 5.53. The number of sulfonamides is 1. The summed E-state index contributed by atoms with van der Waals surface area (Å²) in [5.74, 6) is -0.771. The molecule has 4 rings (SSSR count). The third-order valence-corrected chi connectivity index (χ3v) is 9.25. The van der Waals surface area contributed by atoms with Crippen LogP contribution in [0.4, 0.5) is 5.69 Å². The molecule has 1 atom stereocenters. The fourth-order valence-corrected chi connectivity index (χ4v) is 6.40. The van der Waals surface area contributed by atoms with Gasteiger partial charge < -0.3 is 10.2 Å². The topological polar surface area (TPSA) is 86.8 Å². The highest BCUT2D eigenvalue weighted by Gasteiger charge is 2.34. The summed E-state index contributed by atoms with van der Waals surface area (Å²) in [6, 6.07) is 31.6. The number of aryl methyl sites for hydroxylation is 2. The maximum absolute atomic E-state index is 14.4. The fraction of sp³-hybridized carbons (Fsp3) is 0.257. The number of rotatable bonds is 13. The maximum Gasteiger partial charge on any atom is 0.264 e. The molecule has 0 unspecified atom stereocenters. The van der Waals surface area contributed by atoms with Crippen molar-refractivity contribution < 1.29 is 18.0 Å². The summed E-state index contributed by atoms with van der Waals surface area (Å²) in [6.45, 7) is 5.88. The molecule has 8 heteroatoms. The second-order valence-corrected chi connectivity index (χ2v) is 12.3. The van der Waals surface area contributed by atoms with Crippen molar-refractivity contribution in [2.24, 2.45) is 0 Å². The lowest BCUT2D eigenvalue weighted by Gasteiger charge is -2.34. The number of benzene rings is 4. The van der Waals surface area contributed by atoms with Gasteiger partial charge in [0.05, 0.1) is 10.6 Å². The summed E-state index contributed by atoms with van der Waals surface area (Å²) < 4.78 is 29.2. The summed E-state index contributed by atoms with van der Waals surface area (Å²) in [5, 5.41) is 2.89. The van der Waals surface area contributed by atoms with E-state index >= 15 is 0 Å². The SMILES string of the molecule is CCNC(=O)[C@H](Cc1ccccc1)N(Cc1ccccc1C)C(=O)CN(c1ccc(CC)cc1)S(=O)(=O)c1ccccc1. The smallest absolute Gasteiger partial charge is 0.264 e. The van der Waals surface area contributed by atoms with Crippen molar-refractivity contribution in [1.29, 1.82) is 0 Å². The van der Waals surface area contributed by atoms with Crippen LogP contribution in [0.2, 0.25) is 0 Å². The van der Waals surface area contributed by atoms with Crippen LogP contribution in [0.3, 0.4) is 0 Å². The molecule has 224 valence electrons. The van der Waals surface area contributed by atoms with Crippen LogP contribution in [0.1, 0.15) is 36.1 Å². The number of carbonyl (C=O) groups is 2. The lowest BCUT2D eigenvalue weighted by molar-refractivity contribution is -0.140. The second-order valence-electron chi connectivity index (χ2n) is 10.4. The number of nitrogens with zero attached hydrogens (tertiary/aromatic N) is 2. The number of hydrogen-bond donors (Lipinski definition) is 1. The third-order valence-electron chi connectivity index (χ3n) is 7.47. The summed E-state index contributed by atoms with van der Waals surface area (Å²) in [7, 11) is -4.11. The first kappa shape index (κ1) is 31.5. The minimum Gasteiger partial charge on any atom is -0.355 e. The van der Waals surface area contributed by atoms with Crippen molar-refractivity contribution in [2.75, 3.05) is 17.4 Å². The highest BCUT2D eigenvalue weighted by Crippen LogP contribution is 2.26. The van der Waals surface area contributed by atoms with Crippen LogP contribution in [0.5, 0.6) is 0 Å². The van der Waals surface area contributed by atoms with Crippen molar-refractivity contribution in [1.82, 2.24) is 10.2 Å². The molecular weight excluding hydrogens is 558 g/mol. The van der Waals surface area contributed by atoms with E-state index in [1.54, 1.807) is 30.3 Å². The van der Waals surface area contributed by atoms with Gasteiger partial charge in [-0.2, -0.15) is 0 Å². The van der Waals surface area contributed by atoms with Crippen LogP contribution in [0.25, 0.3) is 0 Å². The first-order chi connectivity index (χ1) is 20.7. The van der Waals surface area contributed by atoms with Gasteiger partial charge in [-0.05, 0) is 66.8 Å². The van der Waals surface area contributed by atoms with Crippen molar-refractivity contribution in [3.05, 3.63) is 131 Å². The first-order valence-electron chi connectivity index (χ1n) is 14.6. The van der Waals surface area contributed by atoms with E-state index in [1.165, 1.54) is 17.0 Å². The van der Waals surface area contributed by atoms with Gasteiger partial charge in [0.25, 0.3) is 10.0 Å². The molecule has 0 heterocycles. The quantitative estimate of drug-likeness (QED) is 0.220. The molecule has 0 aliphatic heterocycles. The summed E-state index contributed by atoms with van der Waals surface area (Å²) in [5.41, 5.74) is 4.17. The highest BCUT2D eigenvalue weighted by molar-refractivity contribution is 7.92. The molecule has 0 radical (unpaired) electrons. The van der Waals surface area contributed by atoms with Crippen LogP contribution >= 0.6 is 0 Å². The molecule has 0 saturated carbocycles. The zero-order valence-corrected chi connectivity index (χ0v) is 25.8. The molecule has 4 aromatic rings. The van der Waals surface area contributed by atoms with E-state index in [2.05, 4.69) is 5.32 Å². The van der Waals surface area contributed by atoms with Crippen molar-refractivity contribution in [3.63, 3.8) is 0 Å². The van der Waals surface area contributed by atoms with Gasteiger partial charge in [-0.25, -0.2) is 8.42 Å². The number of hydrogen-bond acceptors (Lipinski definition) is 4. The Kier molecular flexibility index (Phi) is 10.7. The zero-order valence-electron chi connectivity index (χ0n) is 24.9.